The van der Waals surface area contributed by atoms with E-state index in [4.69, 9.17) is 10.5 Å². The predicted octanol–water partition coefficient (Wildman–Crippen LogP) is -0.139. The van der Waals surface area contributed by atoms with Crippen molar-refractivity contribution < 1.29 is 58.4 Å². The maximum Gasteiger partial charge on any atom is 0.329 e. The average Bonchev–Trinajstić information content (AvgIpc) is 3.24. The van der Waals surface area contributed by atoms with Gasteiger partial charge >= 0.3 is 11.9 Å². The van der Waals surface area contributed by atoms with Crippen LogP contribution in [-0.4, -0.2) is 140 Å². The number of hydrogen-bond donors (Lipinski definition) is 8. The van der Waals surface area contributed by atoms with Crippen LogP contribution in [0, 0.1) is 17.8 Å². The number of aliphatic carboxylic acids is 1. The van der Waals surface area contributed by atoms with Crippen molar-refractivity contribution in [1.82, 2.24) is 31.1 Å². The largest absolute Gasteiger partial charge is 0.480 e. The van der Waals surface area contributed by atoms with Crippen LogP contribution in [0.25, 0.3) is 0 Å². The lowest BCUT2D eigenvalue weighted by Crippen LogP contribution is -2.66. The molecule has 0 radical (unpaired) electrons. The van der Waals surface area contributed by atoms with Crippen molar-refractivity contribution in [3.63, 3.8) is 0 Å². The molecule has 348 valence electrons. The van der Waals surface area contributed by atoms with Gasteiger partial charge in [0.25, 0.3) is 0 Å². The van der Waals surface area contributed by atoms with Crippen LogP contribution in [0.3, 0.4) is 0 Å². The highest BCUT2D eigenvalue weighted by molar-refractivity contribution is 5.98. The Morgan fingerprint density at radius 3 is 2.19 bits per heavy atom. The van der Waals surface area contributed by atoms with Gasteiger partial charge in [-0.1, -0.05) is 76.6 Å². The van der Waals surface area contributed by atoms with Crippen molar-refractivity contribution >= 4 is 47.4 Å². The number of hydrogen-bond acceptors (Lipinski definition) is 12. The maximum absolute atomic E-state index is 14.7. The zero-order chi connectivity index (χ0) is 46.7. The molecule has 4 rings (SSSR count). The number of fused-ring (bicyclic) bond motifs is 2. The SMILES string of the molecule is CCC(C)C1NC(=O)C(Cc2ccccc2)N(C)C(=O)C(C(C)C)N2C(=O)C(CCC2O)NC(=O)C(CC2C=CC(O)CC2)NC(=O)C(NC(=O)CCC(N)C(=O)O)C(C)OC1=O. The predicted molar refractivity (Wildman–Crippen MR) is 227 cm³/mol. The maximum atomic E-state index is 14.7. The highest BCUT2D eigenvalue weighted by Crippen LogP contribution is 2.27. The number of esters is 1. The standard InChI is InChI=1S/C44H65N7O12/c1-7-24(4)35-44(62)63-25(5)36(48-33(53)19-17-29(45)43(60)61)40(57)47-31(21-27-13-15-28(52)16-14-27)38(55)46-30-18-20-34(54)51(41(30)58)37(23(2)3)42(59)50(6)32(39(56)49-35)22-26-11-9-8-10-12-26/h8-13,15,23-25,27-32,34-37,52,54H,7,14,16-22,45H2,1-6H3,(H,46,55)(H,47,57)(H,48,53)(H,49,56)(H,60,61). The van der Waals surface area contributed by atoms with E-state index < -0.39 is 126 Å². The minimum atomic E-state index is -1.67. The van der Waals surface area contributed by atoms with Gasteiger partial charge in [0.1, 0.15) is 54.6 Å². The fourth-order valence-corrected chi connectivity index (χ4v) is 8.11. The van der Waals surface area contributed by atoms with Crippen LogP contribution in [0.4, 0.5) is 0 Å². The molecule has 0 spiro atoms. The second-order valence-corrected chi connectivity index (χ2v) is 17.3. The number of carboxylic acid groups (broad SMARTS) is 1. The molecule has 2 aliphatic heterocycles. The summed E-state index contributed by atoms with van der Waals surface area (Å²) in [6.45, 7) is 8.19. The zero-order valence-electron chi connectivity index (χ0n) is 36.9. The fraction of sp³-hybridized carbons (Fsp3) is 0.636. The molecule has 2 saturated heterocycles. The molecule has 12 unspecified atom stereocenters. The molecule has 1 aliphatic carbocycles. The molecule has 2 fully saturated rings. The van der Waals surface area contributed by atoms with E-state index in [-0.39, 0.29) is 38.0 Å². The number of benzene rings is 1. The summed E-state index contributed by atoms with van der Waals surface area (Å²) in [5.41, 5.74) is 6.30. The molecule has 0 aromatic heterocycles. The van der Waals surface area contributed by atoms with Crippen LogP contribution in [-0.2, 0) is 49.5 Å². The number of aliphatic hydroxyl groups is 2. The topological polar surface area (TPSA) is 287 Å². The molecule has 2 bridgehead atoms. The summed E-state index contributed by atoms with van der Waals surface area (Å²) in [5, 5.41) is 41.4. The highest BCUT2D eigenvalue weighted by Gasteiger charge is 2.47. The molecule has 1 aromatic carbocycles. The van der Waals surface area contributed by atoms with E-state index in [9.17, 15) is 53.7 Å². The summed E-state index contributed by atoms with van der Waals surface area (Å²) < 4.78 is 5.86. The first-order valence-corrected chi connectivity index (χ1v) is 21.8. The van der Waals surface area contributed by atoms with Gasteiger partial charge < -0.3 is 56.9 Å². The number of nitrogens with one attached hydrogen (secondary N) is 4. The Morgan fingerprint density at radius 2 is 1.59 bits per heavy atom. The molecular formula is C44H65N7O12. The van der Waals surface area contributed by atoms with Crippen LogP contribution in [0.1, 0.15) is 91.5 Å². The number of amides is 6. The third kappa shape index (κ3) is 13.3. The lowest BCUT2D eigenvalue weighted by Gasteiger charge is -2.44. The van der Waals surface area contributed by atoms with Gasteiger partial charge in [0.15, 0.2) is 0 Å². The molecular weight excluding hydrogens is 819 g/mol. The molecule has 2 heterocycles. The van der Waals surface area contributed by atoms with Crippen molar-refractivity contribution in [1.29, 1.82) is 0 Å². The summed E-state index contributed by atoms with van der Waals surface area (Å²) in [4.78, 5) is 113. The minimum Gasteiger partial charge on any atom is -0.480 e. The molecule has 6 amide bonds. The van der Waals surface area contributed by atoms with Gasteiger partial charge in [-0.3, -0.25) is 33.6 Å². The van der Waals surface area contributed by atoms with Crippen molar-refractivity contribution in [3.8, 4) is 0 Å². The summed E-state index contributed by atoms with van der Waals surface area (Å²) in [6.07, 6.45) is 0.0986. The molecule has 9 N–H and O–H groups in total. The van der Waals surface area contributed by atoms with Gasteiger partial charge in [-0.2, -0.15) is 0 Å². The van der Waals surface area contributed by atoms with Gasteiger partial charge in [0.05, 0.1) is 6.10 Å². The number of piperidine rings is 1. The van der Waals surface area contributed by atoms with Crippen LogP contribution in [0.15, 0.2) is 42.5 Å². The van der Waals surface area contributed by atoms with E-state index in [1.54, 1.807) is 70.2 Å². The number of carbonyl (C=O) groups excluding carboxylic acids is 7. The van der Waals surface area contributed by atoms with Crippen molar-refractivity contribution in [2.24, 2.45) is 23.5 Å². The fourth-order valence-electron chi connectivity index (χ4n) is 8.11. The zero-order valence-corrected chi connectivity index (χ0v) is 36.9. The van der Waals surface area contributed by atoms with E-state index in [1.807, 2.05) is 0 Å². The third-order valence-corrected chi connectivity index (χ3v) is 12.2. The number of nitrogens with zero attached hydrogens (tertiary/aromatic N) is 2. The van der Waals surface area contributed by atoms with E-state index >= 15 is 0 Å². The van der Waals surface area contributed by atoms with E-state index in [1.165, 1.54) is 18.9 Å². The first-order valence-electron chi connectivity index (χ1n) is 21.8. The quantitative estimate of drug-likeness (QED) is 0.100. The van der Waals surface area contributed by atoms with Gasteiger partial charge in [0, 0.05) is 19.9 Å². The van der Waals surface area contributed by atoms with Crippen LogP contribution in [0.5, 0.6) is 0 Å². The number of carbonyl (C=O) groups is 8. The molecule has 12 atom stereocenters. The third-order valence-electron chi connectivity index (χ3n) is 12.2. The van der Waals surface area contributed by atoms with Crippen molar-refractivity contribution in [2.45, 2.75) is 153 Å². The Kier molecular flexibility index (Phi) is 18.2. The first-order chi connectivity index (χ1) is 29.7. The molecule has 1 aromatic rings. The number of likely N-dealkylation sites (N-methyl/N-ethyl adjacent to an activating group) is 1. The minimum absolute atomic E-state index is 0.00999. The van der Waals surface area contributed by atoms with Gasteiger partial charge in [0.2, 0.25) is 35.4 Å². The Hall–Kier alpha value is -5.40. The van der Waals surface area contributed by atoms with Crippen molar-refractivity contribution in [3.05, 3.63) is 48.0 Å². The summed E-state index contributed by atoms with van der Waals surface area (Å²) in [7, 11) is 1.41. The van der Waals surface area contributed by atoms with Crippen LogP contribution < -0.4 is 27.0 Å². The monoisotopic (exact) mass is 883 g/mol. The number of allylic oxidation sites excluding steroid dienone is 1. The van der Waals surface area contributed by atoms with E-state index in [0.717, 1.165) is 4.90 Å². The first kappa shape index (κ1) is 50.2. The average molecular weight is 884 g/mol. The molecule has 19 heteroatoms. The van der Waals surface area contributed by atoms with E-state index in [2.05, 4.69) is 21.3 Å². The summed E-state index contributed by atoms with van der Waals surface area (Å²) >= 11 is 0. The highest BCUT2D eigenvalue weighted by atomic mass is 16.5. The molecule has 19 nitrogen and oxygen atoms in total. The van der Waals surface area contributed by atoms with Gasteiger partial charge in [-0.05, 0) is 68.8 Å². The number of cyclic esters (lactones) is 1. The lowest BCUT2D eigenvalue weighted by atomic mass is 9.88. The molecule has 3 aliphatic rings. The number of nitrogens with two attached hydrogens (primary N) is 1. The lowest BCUT2D eigenvalue weighted by molar-refractivity contribution is -0.167. The molecule has 63 heavy (non-hydrogen) atoms. The van der Waals surface area contributed by atoms with Gasteiger partial charge in [-0.25, -0.2) is 4.79 Å². The van der Waals surface area contributed by atoms with Crippen molar-refractivity contribution in [2.75, 3.05) is 7.05 Å². The second kappa shape index (κ2) is 22.8. The number of carboxylic acids is 1. The smallest absolute Gasteiger partial charge is 0.329 e. The Balaban J connectivity index is 1.84. The molecule has 0 saturated carbocycles. The Morgan fingerprint density at radius 1 is 0.905 bits per heavy atom. The van der Waals surface area contributed by atoms with E-state index in [0.29, 0.717) is 24.8 Å². The van der Waals surface area contributed by atoms with Crippen LogP contribution in [0.2, 0.25) is 0 Å². The second-order valence-electron chi connectivity index (χ2n) is 17.3. The van der Waals surface area contributed by atoms with Gasteiger partial charge in [-0.15, -0.1) is 0 Å². The number of rotatable bonds is 12. The Labute approximate surface area is 367 Å². The normalized spacial score (nSPS) is 30.2. The number of aliphatic hydroxyl groups excluding tert-OH is 2. The number of ether oxygens (including phenoxy) is 1. The summed E-state index contributed by atoms with van der Waals surface area (Å²) in [5.74, 6) is -8.53. The Bertz CT molecular complexity index is 1850. The summed E-state index contributed by atoms with van der Waals surface area (Å²) in [6, 6.07) is -0.703. The van der Waals surface area contributed by atoms with Crippen LogP contribution >= 0.6 is 0 Å².